The van der Waals surface area contributed by atoms with Gasteiger partial charge in [0.2, 0.25) is 10.6 Å². The van der Waals surface area contributed by atoms with Gasteiger partial charge in [0.15, 0.2) is 0 Å². The van der Waals surface area contributed by atoms with Gasteiger partial charge in [-0.1, -0.05) is 52.4 Å². The van der Waals surface area contributed by atoms with Gasteiger partial charge >= 0.3 is 0 Å². The summed E-state index contributed by atoms with van der Waals surface area (Å²) in [5.41, 5.74) is 0. The van der Waals surface area contributed by atoms with Crippen LogP contribution in [0, 0.1) is 0 Å². The lowest BCUT2D eigenvalue weighted by Gasteiger charge is -2.20. The predicted molar refractivity (Wildman–Crippen MR) is 105 cm³/mol. The van der Waals surface area contributed by atoms with Crippen molar-refractivity contribution >= 4 is 71.8 Å². The van der Waals surface area contributed by atoms with Crippen LogP contribution < -0.4 is 0 Å². The van der Waals surface area contributed by atoms with Crippen molar-refractivity contribution in [2.24, 2.45) is 0 Å². The van der Waals surface area contributed by atoms with Crippen molar-refractivity contribution in [2.45, 2.75) is 76.5 Å². The number of unbranched alkanes of at least 4 members (excludes halogenated alkanes) is 3. The molecule has 0 fully saturated rings. The Labute approximate surface area is 147 Å². The van der Waals surface area contributed by atoms with E-state index in [2.05, 4.69) is 75.0 Å². The highest BCUT2D eigenvalue weighted by molar-refractivity contribution is 9.51. The van der Waals surface area contributed by atoms with E-state index in [9.17, 15) is 0 Å². The van der Waals surface area contributed by atoms with Crippen LogP contribution in [0.25, 0.3) is 0 Å². The Balaban J connectivity index is 3.71. The van der Waals surface area contributed by atoms with E-state index in [1.807, 2.05) is 0 Å². The van der Waals surface area contributed by atoms with Crippen molar-refractivity contribution in [1.29, 1.82) is 0 Å². The maximum Gasteiger partial charge on any atom is 0.201 e. The van der Waals surface area contributed by atoms with E-state index in [-0.39, 0.29) is 0 Å². The van der Waals surface area contributed by atoms with Crippen LogP contribution in [0.15, 0.2) is 0 Å². The lowest BCUT2D eigenvalue weighted by molar-refractivity contribution is 0.833. The molecule has 6 heteroatoms. The molecule has 0 N–H and O–H groups in total. The zero-order chi connectivity index (χ0) is 14.1. The van der Waals surface area contributed by atoms with E-state index in [4.69, 9.17) is 0 Å². The second kappa shape index (κ2) is 11.0. The molecule has 0 unspecified atom stereocenters. The topological polar surface area (TPSA) is 0 Å². The van der Waals surface area contributed by atoms with Crippen molar-refractivity contribution in [3.05, 3.63) is 0 Å². The maximum absolute atomic E-state index is 3.95. The minimum Gasteiger partial charge on any atom is -0.111 e. The summed E-state index contributed by atoms with van der Waals surface area (Å²) in [6.45, 7) is 4.54. The Morgan fingerprint density at radius 2 is 0.833 bits per heavy atom. The molecule has 0 nitrogen and oxygen atoms in total. The fourth-order valence-electron chi connectivity index (χ4n) is 1.89. The Kier molecular flexibility index (Phi) is 12.4. The molecule has 0 radical (unpaired) electrons. The largest absolute Gasteiger partial charge is 0.201 e. The summed E-state index contributed by atoms with van der Waals surface area (Å²) in [5, 5.41) is -2.47. The molecule has 0 aliphatic heterocycles. The predicted octanol–water partition coefficient (Wildman–Crippen LogP) is 7.83. The van der Waals surface area contributed by atoms with Gasteiger partial charge in [-0.15, -0.1) is 61.2 Å². The highest BCUT2D eigenvalue weighted by atomic mass is 79.9. The Morgan fingerprint density at radius 1 is 0.556 bits per heavy atom. The van der Waals surface area contributed by atoms with Crippen LogP contribution in [-0.2, 0) is 0 Å². The summed E-state index contributed by atoms with van der Waals surface area (Å²) >= 11 is 15.8. The first-order valence-electron chi connectivity index (χ1n) is 7.08. The molecule has 110 valence electrons. The van der Waals surface area contributed by atoms with Gasteiger partial charge in [-0.3, -0.25) is 0 Å². The normalized spacial score (nSPS) is 13.0. The van der Waals surface area contributed by atoms with E-state index in [0.717, 1.165) is 0 Å². The number of hydrogen-bond acceptors (Lipinski definition) is 0. The van der Waals surface area contributed by atoms with E-state index >= 15 is 0 Å². The third kappa shape index (κ3) is 12.1. The highest BCUT2D eigenvalue weighted by Crippen LogP contribution is 2.37. The minimum absolute atomic E-state index is 1.24. The van der Waals surface area contributed by atoms with Gasteiger partial charge in [-0.2, -0.15) is 0 Å². The summed E-state index contributed by atoms with van der Waals surface area (Å²) in [4.78, 5) is 0. The van der Waals surface area contributed by atoms with Crippen LogP contribution in [0.2, 0.25) is 24.2 Å². The molecular formula is C12H26Br4Si2. The summed E-state index contributed by atoms with van der Waals surface area (Å²) in [7, 11) is 0. The van der Waals surface area contributed by atoms with Gasteiger partial charge in [0.25, 0.3) is 0 Å². The molecule has 0 atom stereocenters. The lowest BCUT2D eigenvalue weighted by atomic mass is 10.4. The standard InChI is InChI=1S/C12H26Br4Si2/c1-3-5-9-17(13,14)11-7-8-12-18(15,16)10-6-4-2/h3-12H2,1-2H3. The number of hydrogen-bond donors (Lipinski definition) is 0. The van der Waals surface area contributed by atoms with E-state index < -0.39 is 10.6 Å². The molecule has 0 aromatic carbocycles. The van der Waals surface area contributed by atoms with Crippen LogP contribution in [0.3, 0.4) is 0 Å². The molecule has 0 saturated heterocycles. The Morgan fingerprint density at radius 3 is 1.11 bits per heavy atom. The smallest absolute Gasteiger partial charge is 0.111 e. The van der Waals surface area contributed by atoms with Crippen molar-refractivity contribution in [1.82, 2.24) is 0 Å². The first-order chi connectivity index (χ1) is 8.33. The monoisotopic (exact) mass is 542 g/mol. The molecule has 0 spiro atoms. The molecule has 0 bridgehead atoms. The Hall–Kier alpha value is 2.35. The first kappa shape index (κ1) is 20.4. The fraction of sp³-hybridized carbons (Fsp3) is 1.00. The summed E-state index contributed by atoms with van der Waals surface area (Å²) in [6.07, 6.45) is 8.06. The molecule has 0 aromatic heterocycles. The fourth-order valence-corrected chi connectivity index (χ4v) is 12.4. The molecular weight excluding hydrogens is 520 g/mol. The maximum atomic E-state index is 3.95. The van der Waals surface area contributed by atoms with Crippen LogP contribution in [0.1, 0.15) is 52.4 Å². The van der Waals surface area contributed by atoms with Crippen LogP contribution in [-0.4, -0.2) is 10.6 Å². The van der Waals surface area contributed by atoms with Crippen molar-refractivity contribution in [2.75, 3.05) is 0 Å². The van der Waals surface area contributed by atoms with Gasteiger partial charge in [0.1, 0.15) is 0 Å². The van der Waals surface area contributed by atoms with Crippen LogP contribution >= 0.6 is 61.2 Å². The third-order valence-corrected chi connectivity index (χ3v) is 17.0. The summed E-state index contributed by atoms with van der Waals surface area (Å²) < 4.78 is 0. The van der Waals surface area contributed by atoms with E-state index in [1.165, 1.54) is 62.7 Å². The van der Waals surface area contributed by atoms with Crippen LogP contribution in [0.5, 0.6) is 0 Å². The number of halogens is 4. The van der Waals surface area contributed by atoms with E-state index in [1.54, 1.807) is 0 Å². The lowest BCUT2D eigenvalue weighted by Crippen LogP contribution is -2.19. The highest BCUT2D eigenvalue weighted by Gasteiger charge is 2.27. The second-order valence-electron chi connectivity index (χ2n) is 5.13. The molecule has 0 amide bonds. The van der Waals surface area contributed by atoms with Crippen molar-refractivity contribution in [3.63, 3.8) is 0 Å². The van der Waals surface area contributed by atoms with Gasteiger partial charge < -0.3 is 0 Å². The average molecular weight is 546 g/mol. The van der Waals surface area contributed by atoms with Crippen molar-refractivity contribution in [3.8, 4) is 0 Å². The molecule has 0 aromatic rings. The van der Waals surface area contributed by atoms with E-state index in [0.29, 0.717) is 0 Å². The van der Waals surface area contributed by atoms with Crippen molar-refractivity contribution < 1.29 is 0 Å². The minimum atomic E-state index is -1.24. The SMILES string of the molecule is CCCC[Si](Br)(Br)CCCC[Si](Br)(Br)CCCC. The van der Waals surface area contributed by atoms with Crippen LogP contribution in [0.4, 0.5) is 0 Å². The number of rotatable bonds is 11. The molecule has 0 heterocycles. The molecule has 0 rings (SSSR count). The zero-order valence-electron chi connectivity index (χ0n) is 11.6. The first-order valence-corrected chi connectivity index (χ1v) is 20.9. The second-order valence-corrected chi connectivity index (χ2v) is 35.2. The van der Waals surface area contributed by atoms with Gasteiger partial charge in [-0.05, 0) is 24.2 Å². The third-order valence-electron chi connectivity index (χ3n) is 3.13. The summed E-state index contributed by atoms with van der Waals surface area (Å²) in [6, 6.07) is 5.46. The molecule has 0 saturated carbocycles. The average Bonchev–Trinajstić information content (AvgIpc) is 2.30. The van der Waals surface area contributed by atoms with Gasteiger partial charge in [0.05, 0.1) is 0 Å². The zero-order valence-corrected chi connectivity index (χ0v) is 19.9. The Bertz CT molecular complexity index is 188. The van der Waals surface area contributed by atoms with Gasteiger partial charge in [-0.25, -0.2) is 0 Å². The molecule has 0 aliphatic rings. The van der Waals surface area contributed by atoms with Gasteiger partial charge in [0, 0.05) is 0 Å². The summed E-state index contributed by atoms with van der Waals surface area (Å²) in [5.74, 6) is 0. The molecule has 18 heavy (non-hydrogen) atoms. The molecule has 0 aliphatic carbocycles. The quantitative estimate of drug-likeness (QED) is 0.141.